The second-order valence-corrected chi connectivity index (χ2v) is 5.53. The largest absolute Gasteiger partial charge is 0.481 e. The molecule has 0 aliphatic rings. The first-order valence-corrected chi connectivity index (χ1v) is 7.48. The summed E-state index contributed by atoms with van der Waals surface area (Å²) in [5.41, 5.74) is 1.63. The lowest BCUT2D eigenvalue weighted by Gasteiger charge is -2.08. The van der Waals surface area contributed by atoms with E-state index in [0.717, 1.165) is 17.5 Å². The van der Waals surface area contributed by atoms with Gasteiger partial charge in [-0.1, -0.05) is 29.4 Å². The van der Waals surface area contributed by atoms with Gasteiger partial charge < -0.3 is 14.4 Å². The van der Waals surface area contributed by atoms with Gasteiger partial charge in [0.1, 0.15) is 0 Å². The molecule has 0 spiro atoms. The smallest absolute Gasteiger partial charge is 0.313 e. The summed E-state index contributed by atoms with van der Waals surface area (Å²) in [7, 11) is 1.65. The number of hydrogen-bond acceptors (Lipinski definition) is 4. The lowest BCUT2D eigenvalue weighted by Crippen LogP contribution is -2.05. The van der Waals surface area contributed by atoms with Gasteiger partial charge in [0.25, 0.3) is 0 Å². The fourth-order valence-corrected chi connectivity index (χ4v) is 2.96. The topological polar surface area (TPSA) is 64.3 Å². The van der Waals surface area contributed by atoms with Crippen LogP contribution in [0, 0.1) is 0 Å². The molecule has 1 N–H and O–H groups in total. The number of carboxylic acids is 1. The molecule has 2 rings (SSSR count). The summed E-state index contributed by atoms with van der Waals surface area (Å²) in [6, 6.07) is 5.52. The van der Waals surface area contributed by atoms with Crippen molar-refractivity contribution in [3.05, 3.63) is 23.2 Å². The zero-order chi connectivity index (χ0) is 14.5. The first-order valence-electron chi connectivity index (χ1n) is 6.11. The maximum absolute atomic E-state index is 10.7. The molecule has 5 nitrogen and oxygen atoms in total. The van der Waals surface area contributed by atoms with Gasteiger partial charge in [-0.3, -0.25) is 4.79 Å². The van der Waals surface area contributed by atoms with Crippen LogP contribution in [0.5, 0.6) is 0 Å². The Morgan fingerprint density at radius 1 is 1.55 bits per heavy atom. The SMILES string of the molecule is COCCCn1c(SCC(=O)O)nc2cccc(Cl)c21. The number of ether oxygens (including phenoxy) is 1. The summed E-state index contributed by atoms with van der Waals surface area (Å²) in [5, 5.41) is 10.1. The van der Waals surface area contributed by atoms with Gasteiger partial charge >= 0.3 is 5.97 Å². The highest BCUT2D eigenvalue weighted by Crippen LogP contribution is 2.29. The number of benzene rings is 1. The first kappa shape index (κ1) is 15.2. The second-order valence-electron chi connectivity index (χ2n) is 4.18. The molecule has 0 saturated carbocycles. The third-order valence-corrected chi connectivity index (χ3v) is 4.00. The normalized spacial score (nSPS) is 11.1. The number of aromatic nitrogens is 2. The van der Waals surface area contributed by atoms with E-state index in [9.17, 15) is 4.79 Å². The molecule has 0 atom stereocenters. The number of aliphatic carboxylic acids is 1. The molecule has 0 bridgehead atoms. The molecule has 7 heteroatoms. The molecular weight excluding hydrogens is 300 g/mol. The summed E-state index contributed by atoms with van der Waals surface area (Å²) in [4.78, 5) is 15.2. The van der Waals surface area contributed by atoms with Crippen molar-refractivity contribution in [1.82, 2.24) is 9.55 Å². The quantitative estimate of drug-likeness (QED) is 0.629. The molecule has 0 fully saturated rings. The molecule has 1 aromatic carbocycles. The first-order chi connectivity index (χ1) is 9.63. The molecule has 0 saturated heterocycles. The van der Waals surface area contributed by atoms with Gasteiger partial charge in [-0.2, -0.15) is 0 Å². The van der Waals surface area contributed by atoms with Gasteiger partial charge in [0.2, 0.25) is 0 Å². The van der Waals surface area contributed by atoms with Crippen LogP contribution in [0.4, 0.5) is 0 Å². The molecule has 0 aliphatic carbocycles. The lowest BCUT2D eigenvalue weighted by molar-refractivity contribution is -0.133. The van der Waals surface area contributed by atoms with Gasteiger partial charge in [0.05, 0.1) is 21.8 Å². The third-order valence-electron chi connectivity index (χ3n) is 2.74. The highest BCUT2D eigenvalue weighted by Gasteiger charge is 2.14. The number of thioether (sulfide) groups is 1. The number of carboxylic acid groups (broad SMARTS) is 1. The number of imidazole rings is 1. The standard InChI is InChI=1S/C13H15ClN2O3S/c1-19-7-3-6-16-12-9(14)4-2-5-10(12)15-13(16)20-8-11(17)18/h2,4-5H,3,6-8H2,1H3,(H,17,18). The number of aryl methyl sites for hydroxylation is 1. The minimum Gasteiger partial charge on any atom is -0.481 e. The average Bonchev–Trinajstić information content (AvgIpc) is 2.76. The van der Waals surface area contributed by atoms with Crippen LogP contribution in [-0.2, 0) is 16.1 Å². The number of para-hydroxylation sites is 1. The van der Waals surface area contributed by atoms with Crippen LogP contribution in [0.3, 0.4) is 0 Å². The lowest BCUT2D eigenvalue weighted by atomic mass is 10.3. The van der Waals surface area contributed by atoms with Crippen LogP contribution >= 0.6 is 23.4 Å². The van der Waals surface area contributed by atoms with Crippen LogP contribution < -0.4 is 0 Å². The van der Waals surface area contributed by atoms with Crippen molar-refractivity contribution in [2.75, 3.05) is 19.5 Å². The van der Waals surface area contributed by atoms with Gasteiger partial charge in [-0.05, 0) is 18.6 Å². The summed E-state index contributed by atoms with van der Waals surface area (Å²) in [6.45, 7) is 1.32. The predicted molar refractivity (Wildman–Crippen MR) is 79.6 cm³/mol. The Kier molecular flexibility index (Phi) is 5.28. The van der Waals surface area contributed by atoms with Crippen molar-refractivity contribution in [1.29, 1.82) is 0 Å². The number of methoxy groups -OCH3 is 1. The number of hydrogen-bond donors (Lipinski definition) is 1. The average molecular weight is 315 g/mol. The number of fused-ring (bicyclic) bond motifs is 1. The number of nitrogens with zero attached hydrogens (tertiary/aromatic N) is 2. The van der Waals surface area contributed by atoms with Crippen molar-refractivity contribution in [2.45, 2.75) is 18.1 Å². The Labute approximate surface area is 125 Å². The fourth-order valence-electron chi connectivity index (χ4n) is 1.93. The van der Waals surface area contributed by atoms with Gasteiger partial charge in [-0.15, -0.1) is 0 Å². The second kappa shape index (κ2) is 6.97. The molecule has 2 aromatic rings. The Morgan fingerprint density at radius 3 is 3.05 bits per heavy atom. The Balaban J connectivity index is 2.35. The predicted octanol–water partition coefficient (Wildman–Crippen LogP) is 2.90. The van der Waals surface area contributed by atoms with E-state index in [-0.39, 0.29) is 5.75 Å². The molecule has 0 radical (unpaired) electrons. The molecule has 1 aromatic heterocycles. The highest BCUT2D eigenvalue weighted by molar-refractivity contribution is 7.99. The van der Waals surface area contributed by atoms with Crippen LogP contribution in [-0.4, -0.2) is 40.1 Å². The Hall–Kier alpha value is -1.24. The zero-order valence-corrected chi connectivity index (χ0v) is 12.6. The number of rotatable bonds is 7. The van der Waals surface area contributed by atoms with Crippen LogP contribution in [0.1, 0.15) is 6.42 Å². The van der Waals surface area contributed by atoms with E-state index >= 15 is 0 Å². The van der Waals surface area contributed by atoms with Crippen molar-refractivity contribution >= 4 is 40.4 Å². The molecular formula is C13H15ClN2O3S. The molecule has 0 aliphatic heterocycles. The molecule has 0 amide bonds. The van der Waals surface area contributed by atoms with Crippen LogP contribution in [0.25, 0.3) is 11.0 Å². The van der Waals surface area contributed by atoms with E-state index in [1.807, 2.05) is 22.8 Å². The van der Waals surface area contributed by atoms with E-state index in [4.69, 9.17) is 21.4 Å². The Bertz CT molecular complexity index is 615. The molecule has 108 valence electrons. The maximum atomic E-state index is 10.7. The number of carbonyl (C=O) groups is 1. The highest BCUT2D eigenvalue weighted by atomic mass is 35.5. The van der Waals surface area contributed by atoms with Gasteiger partial charge in [-0.25, -0.2) is 4.98 Å². The van der Waals surface area contributed by atoms with Crippen molar-refractivity contribution in [3.8, 4) is 0 Å². The zero-order valence-electron chi connectivity index (χ0n) is 11.0. The van der Waals surface area contributed by atoms with Crippen molar-refractivity contribution in [3.63, 3.8) is 0 Å². The van der Waals surface area contributed by atoms with E-state index in [2.05, 4.69) is 4.98 Å². The van der Waals surface area contributed by atoms with E-state index in [1.165, 1.54) is 11.8 Å². The minimum absolute atomic E-state index is 0.0226. The van der Waals surface area contributed by atoms with Crippen molar-refractivity contribution < 1.29 is 14.6 Å². The Morgan fingerprint density at radius 2 is 2.35 bits per heavy atom. The van der Waals surface area contributed by atoms with Crippen LogP contribution in [0.2, 0.25) is 5.02 Å². The van der Waals surface area contributed by atoms with Gasteiger partial charge in [0.15, 0.2) is 5.16 Å². The third kappa shape index (κ3) is 3.45. The molecule has 20 heavy (non-hydrogen) atoms. The maximum Gasteiger partial charge on any atom is 0.313 e. The summed E-state index contributed by atoms with van der Waals surface area (Å²) >= 11 is 7.43. The van der Waals surface area contributed by atoms with Gasteiger partial charge in [0, 0.05) is 20.3 Å². The minimum atomic E-state index is -0.864. The number of halogens is 1. The van der Waals surface area contributed by atoms with E-state index in [1.54, 1.807) is 7.11 Å². The van der Waals surface area contributed by atoms with E-state index < -0.39 is 5.97 Å². The fraction of sp³-hybridized carbons (Fsp3) is 0.385. The summed E-state index contributed by atoms with van der Waals surface area (Å²) in [5.74, 6) is -0.887. The van der Waals surface area contributed by atoms with Crippen LogP contribution in [0.15, 0.2) is 23.4 Å². The molecule has 1 heterocycles. The molecule has 0 unspecified atom stereocenters. The van der Waals surface area contributed by atoms with Crippen molar-refractivity contribution in [2.24, 2.45) is 0 Å². The van der Waals surface area contributed by atoms with E-state index in [0.29, 0.717) is 23.3 Å². The summed E-state index contributed by atoms with van der Waals surface area (Å²) in [6.07, 6.45) is 0.813. The summed E-state index contributed by atoms with van der Waals surface area (Å²) < 4.78 is 7.02. The monoisotopic (exact) mass is 314 g/mol.